The van der Waals surface area contributed by atoms with E-state index in [1.807, 2.05) is 0 Å². The Bertz CT molecular complexity index is 295. The van der Waals surface area contributed by atoms with Gasteiger partial charge in [0.2, 0.25) is 0 Å². The molecule has 0 heterocycles. The molecule has 0 spiro atoms. The van der Waals surface area contributed by atoms with Crippen molar-refractivity contribution in [1.29, 1.82) is 0 Å². The van der Waals surface area contributed by atoms with Gasteiger partial charge in [0.05, 0.1) is 0 Å². The number of rotatable bonds is 7. The Morgan fingerprint density at radius 3 is 2.35 bits per heavy atom. The third-order valence-corrected chi connectivity index (χ3v) is 3.00. The molecule has 0 saturated carbocycles. The number of benzene rings is 1. The maximum absolute atomic E-state index is 3.45. The van der Waals surface area contributed by atoms with Gasteiger partial charge in [0.1, 0.15) is 0 Å². The van der Waals surface area contributed by atoms with Crippen molar-refractivity contribution in [2.24, 2.45) is 0 Å². The Morgan fingerprint density at radius 2 is 1.76 bits per heavy atom. The lowest BCUT2D eigenvalue weighted by Crippen LogP contribution is -2.34. The lowest BCUT2D eigenvalue weighted by molar-refractivity contribution is 0.311. The third-order valence-electron chi connectivity index (χ3n) is 3.00. The summed E-state index contributed by atoms with van der Waals surface area (Å²) in [6.07, 6.45) is 0. The summed E-state index contributed by atoms with van der Waals surface area (Å²) in [4.78, 5) is 2.40. The molecule has 0 aromatic heterocycles. The molecule has 0 aliphatic carbocycles. The van der Waals surface area contributed by atoms with Crippen molar-refractivity contribution >= 4 is 0 Å². The molecule has 1 unspecified atom stereocenters. The molecule has 1 aromatic rings. The minimum absolute atomic E-state index is 0.579. The maximum Gasteiger partial charge on any atom is 0.0104 e. The molecule has 1 atom stereocenters. The quantitative estimate of drug-likeness (QED) is 0.780. The summed E-state index contributed by atoms with van der Waals surface area (Å²) < 4.78 is 0. The molecule has 1 N–H and O–H groups in total. The highest BCUT2D eigenvalue weighted by molar-refractivity contribution is 5.18. The summed E-state index contributed by atoms with van der Waals surface area (Å²) in [5.74, 6) is 0.597. The normalized spacial score (nSPS) is 13.3. The van der Waals surface area contributed by atoms with Gasteiger partial charge >= 0.3 is 0 Å². The molecule has 2 heteroatoms. The second kappa shape index (κ2) is 7.46. The summed E-state index contributed by atoms with van der Waals surface area (Å²) in [5, 5.41) is 3.45. The molecule has 0 aliphatic rings. The predicted molar refractivity (Wildman–Crippen MR) is 75.5 cm³/mol. The zero-order valence-electron chi connectivity index (χ0n) is 11.6. The Kier molecular flexibility index (Phi) is 6.23. The smallest absolute Gasteiger partial charge is 0.0104 e. The lowest BCUT2D eigenvalue weighted by atomic mass is 10.0. The summed E-state index contributed by atoms with van der Waals surface area (Å²) in [7, 11) is 2.20. The molecule has 0 aliphatic heterocycles. The van der Waals surface area contributed by atoms with Crippen LogP contribution in [-0.4, -0.2) is 37.6 Å². The van der Waals surface area contributed by atoms with Crippen molar-refractivity contribution in [1.82, 2.24) is 10.2 Å². The van der Waals surface area contributed by atoms with Crippen molar-refractivity contribution in [3.05, 3.63) is 35.9 Å². The van der Waals surface area contributed by atoms with Gasteiger partial charge in [-0.1, -0.05) is 51.1 Å². The fourth-order valence-electron chi connectivity index (χ4n) is 1.99. The molecule has 0 amide bonds. The number of hydrogen-bond donors (Lipinski definition) is 1. The minimum Gasteiger partial charge on any atom is -0.313 e. The van der Waals surface area contributed by atoms with E-state index >= 15 is 0 Å². The van der Waals surface area contributed by atoms with Gasteiger partial charge in [-0.05, 0) is 18.5 Å². The monoisotopic (exact) mass is 234 g/mol. The van der Waals surface area contributed by atoms with Gasteiger partial charge in [0.25, 0.3) is 0 Å². The summed E-state index contributed by atoms with van der Waals surface area (Å²) in [6.45, 7) is 9.95. The van der Waals surface area contributed by atoms with Gasteiger partial charge in [0, 0.05) is 25.7 Å². The van der Waals surface area contributed by atoms with E-state index in [0.29, 0.717) is 12.0 Å². The van der Waals surface area contributed by atoms with Crippen LogP contribution in [-0.2, 0) is 0 Å². The van der Waals surface area contributed by atoms with E-state index in [1.165, 1.54) is 5.56 Å². The predicted octanol–water partition coefficient (Wildman–Crippen LogP) is 2.72. The average Bonchev–Trinajstić information content (AvgIpc) is 2.29. The number of likely N-dealkylation sites (N-methyl/N-ethyl adjacent to an activating group) is 1. The molecule has 0 radical (unpaired) electrons. The molecule has 0 fully saturated rings. The standard InChI is InChI=1S/C15H26N2/c1-13(2)16-10-11-17(4)12-14(3)15-8-6-5-7-9-15/h5-9,13-14,16H,10-12H2,1-4H3. The molecule has 0 saturated heterocycles. The van der Waals surface area contributed by atoms with Crippen LogP contribution in [0.25, 0.3) is 0 Å². The molecule has 96 valence electrons. The van der Waals surface area contributed by atoms with Gasteiger partial charge in [0.15, 0.2) is 0 Å². The van der Waals surface area contributed by atoms with Gasteiger partial charge in [-0.3, -0.25) is 0 Å². The van der Waals surface area contributed by atoms with Gasteiger partial charge < -0.3 is 10.2 Å². The summed E-state index contributed by atoms with van der Waals surface area (Å²) in [5.41, 5.74) is 1.43. The second-order valence-corrected chi connectivity index (χ2v) is 5.18. The van der Waals surface area contributed by atoms with Crippen LogP contribution in [0.5, 0.6) is 0 Å². The highest BCUT2D eigenvalue weighted by Crippen LogP contribution is 2.14. The first-order valence-corrected chi connectivity index (χ1v) is 6.56. The Labute approximate surface area is 106 Å². The van der Waals surface area contributed by atoms with Crippen LogP contribution in [0.1, 0.15) is 32.3 Å². The summed E-state index contributed by atoms with van der Waals surface area (Å²) >= 11 is 0. The van der Waals surface area contributed by atoms with Crippen LogP contribution in [0.2, 0.25) is 0 Å². The van der Waals surface area contributed by atoms with Crippen molar-refractivity contribution in [2.45, 2.75) is 32.7 Å². The van der Waals surface area contributed by atoms with E-state index in [1.54, 1.807) is 0 Å². The average molecular weight is 234 g/mol. The van der Waals surface area contributed by atoms with Crippen molar-refractivity contribution in [3.63, 3.8) is 0 Å². The van der Waals surface area contributed by atoms with Crippen LogP contribution in [0.4, 0.5) is 0 Å². The topological polar surface area (TPSA) is 15.3 Å². The first-order valence-electron chi connectivity index (χ1n) is 6.56. The Hall–Kier alpha value is -0.860. The lowest BCUT2D eigenvalue weighted by Gasteiger charge is -2.22. The fourth-order valence-corrected chi connectivity index (χ4v) is 1.99. The Morgan fingerprint density at radius 1 is 1.12 bits per heavy atom. The fraction of sp³-hybridized carbons (Fsp3) is 0.600. The van der Waals surface area contributed by atoms with Crippen molar-refractivity contribution < 1.29 is 0 Å². The van der Waals surface area contributed by atoms with E-state index in [9.17, 15) is 0 Å². The Balaban J connectivity index is 2.28. The van der Waals surface area contributed by atoms with Gasteiger partial charge in [-0.15, -0.1) is 0 Å². The van der Waals surface area contributed by atoms with E-state index < -0.39 is 0 Å². The number of nitrogens with one attached hydrogen (secondary N) is 1. The molecular weight excluding hydrogens is 208 g/mol. The SMILES string of the molecule is CC(C)NCCN(C)CC(C)c1ccccc1. The van der Waals surface area contributed by atoms with Crippen LogP contribution in [0.3, 0.4) is 0 Å². The maximum atomic E-state index is 3.45. The molecule has 0 bridgehead atoms. The van der Waals surface area contributed by atoms with E-state index in [0.717, 1.165) is 19.6 Å². The molecule has 1 rings (SSSR count). The molecule has 17 heavy (non-hydrogen) atoms. The van der Waals surface area contributed by atoms with Crippen molar-refractivity contribution in [2.75, 3.05) is 26.7 Å². The van der Waals surface area contributed by atoms with E-state index in [-0.39, 0.29) is 0 Å². The van der Waals surface area contributed by atoms with Crippen LogP contribution < -0.4 is 5.32 Å². The second-order valence-electron chi connectivity index (χ2n) is 5.18. The first kappa shape index (κ1) is 14.2. The number of nitrogens with zero attached hydrogens (tertiary/aromatic N) is 1. The first-order chi connectivity index (χ1) is 8.09. The summed E-state index contributed by atoms with van der Waals surface area (Å²) in [6, 6.07) is 11.3. The third kappa shape index (κ3) is 5.85. The van der Waals surface area contributed by atoms with Crippen molar-refractivity contribution in [3.8, 4) is 0 Å². The largest absolute Gasteiger partial charge is 0.313 e. The van der Waals surface area contributed by atoms with Gasteiger partial charge in [-0.25, -0.2) is 0 Å². The highest BCUT2D eigenvalue weighted by Gasteiger charge is 2.08. The van der Waals surface area contributed by atoms with Gasteiger partial charge in [-0.2, -0.15) is 0 Å². The highest BCUT2D eigenvalue weighted by atomic mass is 15.1. The van der Waals surface area contributed by atoms with Crippen LogP contribution >= 0.6 is 0 Å². The van der Waals surface area contributed by atoms with Crippen LogP contribution in [0, 0.1) is 0 Å². The minimum atomic E-state index is 0.579. The number of hydrogen-bond acceptors (Lipinski definition) is 2. The zero-order valence-corrected chi connectivity index (χ0v) is 11.6. The van der Waals surface area contributed by atoms with Crippen LogP contribution in [0.15, 0.2) is 30.3 Å². The molecule has 2 nitrogen and oxygen atoms in total. The molecule has 1 aromatic carbocycles. The van der Waals surface area contributed by atoms with E-state index in [4.69, 9.17) is 0 Å². The van der Waals surface area contributed by atoms with E-state index in [2.05, 4.69) is 68.4 Å². The molecular formula is C15H26N2. The zero-order chi connectivity index (χ0) is 12.7.